The lowest BCUT2D eigenvalue weighted by Gasteiger charge is -2.29. The van der Waals surface area contributed by atoms with E-state index < -0.39 is 11.8 Å². The summed E-state index contributed by atoms with van der Waals surface area (Å²) in [5.74, 6) is -0.0827. The maximum Gasteiger partial charge on any atom is 0.271 e. The zero-order valence-corrected chi connectivity index (χ0v) is 17.9. The Balaban J connectivity index is 1.65. The summed E-state index contributed by atoms with van der Waals surface area (Å²) in [5, 5.41) is 9.52. The zero-order valence-electron chi connectivity index (χ0n) is 17.9. The molecule has 4 rings (SSSR count). The summed E-state index contributed by atoms with van der Waals surface area (Å²) in [6.45, 7) is 3.82. The van der Waals surface area contributed by atoms with Crippen LogP contribution in [0.2, 0.25) is 0 Å². The summed E-state index contributed by atoms with van der Waals surface area (Å²) in [7, 11) is 0. The van der Waals surface area contributed by atoms with E-state index >= 15 is 0 Å². The van der Waals surface area contributed by atoms with E-state index in [9.17, 15) is 19.6 Å². The van der Waals surface area contributed by atoms with Gasteiger partial charge in [-0.3, -0.25) is 19.3 Å². The van der Waals surface area contributed by atoms with Crippen molar-refractivity contribution < 1.29 is 23.5 Å². The molecule has 2 amide bonds. The van der Waals surface area contributed by atoms with Gasteiger partial charge in [-0.1, -0.05) is 24.3 Å². The number of ether oxygens (including phenoxy) is 1. The van der Waals surface area contributed by atoms with Gasteiger partial charge >= 0.3 is 0 Å². The summed E-state index contributed by atoms with van der Waals surface area (Å²) in [6.07, 6.45) is 2.99. The Labute approximate surface area is 185 Å². The number of carbonyl (C=O) groups excluding carboxylic acids is 3. The number of benzene rings is 1. The highest BCUT2D eigenvalue weighted by Crippen LogP contribution is 2.30. The maximum absolute atomic E-state index is 13.1. The number of imide groups is 1. The van der Waals surface area contributed by atoms with Crippen LogP contribution in [0.3, 0.4) is 0 Å². The van der Waals surface area contributed by atoms with Crippen LogP contribution in [0.25, 0.3) is 17.4 Å². The number of nitriles is 1. The maximum atomic E-state index is 13.1. The number of Topliss-reactive ketones (excluding diaryl/α,β-unsaturated/α-hetero) is 1. The number of furan rings is 1. The van der Waals surface area contributed by atoms with E-state index in [0.29, 0.717) is 29.3 Å². The van der Waals surface area contributed by atoms with Crippen molar-refractivity contribution in [3.8, 4) is 17.4 Å². The highest BCUT2D eigenvalue weighted by Gasteiger charge is 2.37. The Morgan fingerprint density at radius 1 is 1.19 bits per heavy atom. The quantitative estimate of drug-likeness (QED) is 0.405. The molecule has 2 aliphatic rings. The SMILES string of the molecule is CC(=O)c1ccc(-c2ccc(/C=C3\C(=O)N(C[C@@H]4CCCO4)C(=O)C(C#N)=C3C)o2)cc1. The van der Waals surface area contributed by atoms with E-state index in [4.69, 9.17) is 9.15 Å². The van der Waals surface area contributed by atoms with Crippen molar-refractivity contribution in [3.05, 3.63) is 64.4 Å². The number of amides is 2. The van der Waals surface area contributed by atoms with E-state index in [1.807, 2.05) is 6.07 Å². The Morgan fingerprint density at radius 3 is 2.56 bits per heavy atom. The van der Waals surface area contributed by atoms with Crippen molar-refractivity contribution in [3.63, 3.8) is 0 Å². The van der Waals surface area contributed by atoms with Crippen LogP contribution in [-0.2, 0) is 14.3 Å². The summed E-state index contributed by atoms with van der Waals surface area (Å²) < 4.78 is 11.5. The van der Waals surface area contributed by atoms with Gasteiger partial charge < -0.3 is 9.15 Å². The second-order valence-electron chi connectivity index (χ2n) is 7.86. The van der Waals surface area contributed by atoms with Crippen molar-refractivity contribution in [2.75, 3.05) is 13.2 Å². The fraction of sp³-hybridized carbons (Fsp3) is 0.280. The van der Waals surface area contributed by atoms with Crippen LogP contribution in [-0.4, -0.2) is 41.8 Å². The van der Waals surface area contributed by atoms with Crippen LogP contribution in [0.15, 0.2) is 57.5 Å². The summed E-state index contributed by atoms with van der Waals surface area (Å²) in [5.41, 5.74) is 1.91. The molecule has 1 aromatic heterocycles. The highest BCUT2D eigenvalue weighted by atomic mass is 16.5. The van der Waals surface area contributed by atoms with E-state index in [-0.39, 0.29) is 29.6 Å². The molecule has 0 N–H and O–H groups in total. The molecule has 1 aromatic carbocycles. The lowest BCUT2D eigenvalue weighted by molar-refractivity contribution is -0.142. The molecule has 2 aromatic rings. The second-order valence-corrected chi connectivity index (χ2v) is 7.86. The van der Waals surface area contributed by atoms with Gasteiger partial charge in [0.2, 0.25) is 0 Å². The minimum absolute atomic E-state index is 0.0186. The fourth-order valence-corrected chi connectivity index (χ4v) is 3.88. The predicted molar refractivity (Wildman–Crippen MR) is 116 cm³/mol. The minimum Gasteiger partial charge on any atom is -0.457 e. The monoisotopic (exact) mass is 430 g/mol. The summed E-state index contributed by atoms with van der Waals surface area (Å²) >= 11 is 0. The van der Waals surface area contributed by atoms with Gasteiger partial charge in [-0.15, -0.1) is 0 Å². The Hall–Kier alpha value is -3.76. The van der Waals surface area contributed by atoms with Gasteiger partial charge in [0.15, 0.2) is 5.78 Å². The smallest absolute Gasteiger partial charge is 0.271 e. The van der Waals surface area contributed by atoms with Crippen molar-refractivity contribution >= 4 is 23.7 Å². The highest BCUT2D eigenvalue weighted by molar-refractivity contribution is 6.19. The Bertz CT molecular complexity index is 1190. The number of hydrogen-bond donors (Lipinski definition) is 0. The van der Waals surface area contributed by atoms with E-state index in [2.05, 4.69) is 0 Å². The molecular formula is C25H22N2O5. The fourth-order valence-electron chi connectivity index (χ4n) is 3.88. The molecule has 32 heavy (non-hydrogen) atoms. The molecule has 7 nitrogen and oxygen atoms in total. The van der Waals surface area contributed by atoms with E-state index in [1.54, 1.807) is 49.4 Å². The molecule has 0 unspecified atom stereocenters. The van der Waals surface area contributed by atoms with Crippen LogP contribution in [0.4, 0.5) is 0 Å². The molecule has 1 saturated heterocycles. The first-order valence-electron chi connectivity index (χ1n) is 10.4. The second kappa shape index (κ2) is 8.77. The van der Waals surface area contributed by atoms with Crippen LogP contribution >= 0.6 is 0 Å². The first-order chi connectivity index (χ1) is 15.4. The average molecular weight is 430 g/mol. The third-order valence-electron chi connectivity index (χ3n) is 5.72. The van der Waals surface area contributed by atoms with E-state index in [1.165, 1.54) is 6.92 Å². The number of carbonyl (C=O) groups is 3. The number of nitrogens with zero attached hydrogens (tertiary/aromatic N) is 2. The average Bonchev–Trinajstić information content (AvgIpc) is 3.47. The van der Waals surface area contributed by atoms with Crippen molar-refractivity contribution in [1.82, 2.24) is 4.90 Å². The zero-order chi connectivity index (χ0) is 22.8. The van der Waals surface area contributed by atoms with Gasteiger partial charge in [-0.2, -0.15) is 5.26 Å². The first kappa shape index (κ1) is 21.5. The third-order valence-corrected chi connectivity index (χ3v) is 5.72. The van der Waals surface area contributed by atoms with Gasteiger partial charge in [-0.25, -0.2) is 0 Å². The topological polar surface area (TPSA) is 101 Å². The molecule has 0 radical (unpaired) electrons. The molecule has 0 bridgehead atoms. The van der Waals surface area contributed by atoms with Gasteiger partial charge in [0, 0.05) is 23.3 Å². The molecule has 2 aliphatic heterocycles. The standard InChI is InChI=1S/C25H22N2O5/c1-15-21(24(29)27(25(30)22(15)13-26)14-20-4-3-11-31-20)12-19-9-10-23(32-19)18-7-5-17(6-8-18)16(2)28/h5-10,12,20H,3-4,11,14H2,1-2H3/b21-12-/t20-/m0/s1. The van der Waals surface area contributed by atoms with Gasteiger partial charge in [0.1, 0.15) is 23.2 Å². The lowest BCUT2D eigenvalue weighted by atomic mass is 9.94. The molecule has 0 saturated carbocycles. The van der Waals surface area contributed by atoms with Crippen LogP contribution in [0, 0.1) is 11.3 Å². The normalized spacial score (nSPS) is 20.2. The molecule has 162 valence electrons. The molecule has 3 heterocycles. The van der Waals surface area contributed by atoms with Gasteiger partial charge in [0.25, 0.3) is 11.8 Å². The first-order valence-corrected chi connectivity index (χ1v) is 10.4. The molecule has 0 aliphatic carbocycles. The summed E-state index contributed by atoms with van der Waals surface area (Å²) in [6, 6.07) is 12.5. The van der Waals surface area contributed by atoms with Crippen molar-refractivity contribution in [1.29, 1.82) is 5.26 Å². The lowest BCUT2D eigenvalue weighted by Crippen LogP contribution is -2.46. The van der Waals surface area contributed by atoms with Crippen LogP contribution < -0.4 is 0 Å². The number of rotatable bonds is 5. The van der Waals surface area contributed by atoms with Crippen LogP contribution in [0.5, 0.6) is 0 Å². The Kier molecular flexibility index (Phi) is 5.89. The largest absolute Gasteiger partial charge is 0.457 e. The van der Waals surface area contributed by atoms with Crippen molar-refractivity contribution in [2.24, 2.45) is 0 Å². The molecule has 7 heteroatoms. The molecule has 0 spiro atoms. The van der Waals surface area contributed by atoms with Crippen molar-refractivity contribution in [2.45, 2.75) is 32.8 Å². The predicted octanol–water partition coefficient (Wildman–Crippen LogP) is 3.92. The molecule has 1 fully saturated rings. The third kappa shape index (κ3) is 4.05. The number of ketones is 1. The molecular weight excluding hydrogens is 408 g/mol. The van der Waals surface area contributed by atoms with E-state index in [0.717, 1.165) is 23.3 Å². The van der Waals surface area contributed by atoms with Gasteiger partial charge in [0.05, 0.1) is 12.6 Å². The minimum atomic E-state index is -0.589. The van der Waals surface area contributed by atoms with Crippen LogP contribution in [0.1, 0.15) is 42.8 Å². The van der Waals surface area contributed by atoms with Gasteiger partial charge in [-0.05, 0) is 50.5 Å². The summed E-state index contributed by atoms with van der Waals surface area (Å²) in [4.78, 5) is 38.4. The Morgan fingerprint density at radius 2 is 1.94 bits per heavy atom. The molecule has 1 atom stereocenters. The number of hydrogen-bond acceptors (Lipinski definition) is 6.